The molecule has 1 saturated heterocycles. The summed E-state index contributed by atoms with van der Waals surface area (Å²) in [6.07, 6.45) is -3.37. The molecule has 2 saturated carbocycles. The number of benzene rings is 2. The summed E-state index contributed by atoms with van der Waals surface area (Å²) in [7, 11) is -3.86. The number of nitrogens with zero attached hydrogens (tertiary/aromatic N) is 4. The molecule has 1 N–H and O–H groups in total. The number of aromatic nitrogens is 3. The fourth-order valence-corrected chi connectivity index (χ4v) is 10.5. The van der Waals surface area contributed by atoms with Crippen molar-refractivity contribution in [1.29, 1.82) is 0 Å². The van der Waals surface area contributed by atoms with E-state index >= 15 is 0 Å². The first kappa shape index (κ1) is 40.9. The molecule has 59 heavy (non-hydrogen) atoms. The molecule has 12 nitrogen and oxygen atoms in total. The van der Waals surface area contributed by atoms with Gasteiger partial charge in [-0.25, -0.2) is 18.4 Å². The Bertz CT molecular complexity index is 2550. The maximum absolute atomic E-state index is 14.7. The zero-order valence-electron chi connectivity index (χ0n) is 32.9. The molecule has 312 valence electrons. The number of furan rings is 1. The van der Waals surface area contributed by atoms with E-state index < -0.39 is 56.4 Å². The molecule has 1 aliphatic heterocycles. The number of rotatable bonds is 14. The Hall–Kier alpha value is -4.90. The van der Waals surface area contributed by atoms with Gasteiger partial charge < -0.3 is 14.1 Å². The van der Waals surface area contributed by atoms with Crippen LogP contribution in [0.1, 0.15) is 75.6 Å². The standard InChI is InChI=1S/C42H44F3N5O7S2/c1-5-25-18-41(25,40(53)49-59(54,55)28-14-15-28)19-32(51)31-16-27(20-50(31)39(52)30(22(2)3)17-34-46-23(4)21-58-34)56-38-36-35(29-8-6-7-9-33(29)57-36)47-37(48-38)24-10-12-26(13-11-24)42(43,44)45/h6-13,21-22,25,27-28,30-31H,5,14-20H2,1-4H3,(H,49,53)/t25-,27-,30+,31+,41-/m1/s1. The van der Waals surface area contributed by atoms with Gasteiger partial charge in [0.05, 0.1) is 33.8 Å². The van der Waals surface area contributed by atoms with E-state index in [1.165, 1.54) is 28.4 Å². The third kappa shape index (κ3) is 8.07. The zero-order valence-corrected chi connectivity index (χ0v) is 34.5. The second-order valence-corrected chi connectivity index (χ2v) is 19.3. The number of fused-ring (bicyclic) bond motifs is 3. The number of hydrogen-bond acceptors (Lipinski definition) is 11. The van der Waals surface area contributed by atoms with Gasteiger partial charge in [0.1, 0.15) is 17.2 Å². The summed E-state index contributed by atoms with van der Waals surface area (Å²) in [5.74, 6) is -2.17. The molecule has 2 aliphatic carbocycles. The average molecular weight is 852 g/mol. The van der Waals surface area contributed by atoms with E-state index in [9.17, 15) is 36.0 Å². The van der Waals surface area contributed by atoms with Gasteiger partial charge in [-0.15, -0.1) is 11.3 Å². The quantitative estimate of drug-likeness (QED) is 0.117. The Morgan fingerprint density at radius 1 is 1.07 bits per heavy atom. The van der Waals surface area contributed by atoms with Gasteiger partial charge in [0.15, 0.2) is 11.6 Å². The van der Waals surface area contributed by atoms with Gasteiger partial charge in [0, 0.05) is 47.2 Å². The number of nitrogens with one attached hydrogen (secondary N) is 1. The van der Waals surface area contributed by atoms with Crippen LogP contribution in [-0.4, -0.2) is 69.8 Å². The Morgan fingerprint density at radius 2 is 1.80 bits per heavy atom. The topological polar surface area (TPSA) is 162 Å². The Balaban J connectivity index is 1.14. The van der Waals surface area contributed by atoms with Crippen LogP contribution in [0, 0.1) is 30.1 Å². The number of thiazole rings is 1. The lowest BCUT2D eigenvalue weighted by atomic mass is 9.89. The van der Waals surface area contributed by atoms with E-state index in [0.29, 0.717) is 54.2 Å². The molecule has 0 radical (unpaired) electrons. The highest BCUT2D eigenvalue weighted by atomic mass is 32.2. The van der Waals surface area contributed by atoms with Crippen molar-refractivity contribution >= 4 is 61.0 Å². The van der Waals surface area contributed by atoms with Crippen LogP contribution in [0.25, 0.3) is 33.5 Å². The smallest absolute Gasteiger partial charge is 0.416 e. The van der Waals surface area contributed by atoms with Gasteiger partial charge in [0.25, 0.3) is 5.88 Å². The van der Waals surface area contributed by atoms with Crippen LogP contribution >= 0.6 is 11.3 Å². The predicted molar refractivity (Wildman–Crippen MR) is 214 cm³/mol. The number of carbonyl (C=O) groups excluding carboxylic acids is 3. The van der Waals surface area contributed by atoms with Crippen molar-refractivity contribution in [2.75, 3.05) is 6.54 Å². The molecular weight excluding hydrogens is 808 g/mol. The third-order valence-corrected chi connectivity index (χ3v) is 14.7. The van der Waals surface area contributed by atoms with E-state index in [4.69, 9.17) is 9.15 Å². The lowest BCUT2D eigenvalue weighted by Gasteiger charge is -2.30. The minimum absolute atomic E-state index is 0.0142. The Morgan fingerprint density at radius 3 is 2.42 bits per heavy atom. The Kier molecular flexibility index (Phi) is 10.6. The van der Waals surface area contributed by atoms with Gasteiger partial charge in [-0.2, -0.15) is 18.2 Å². The van der Waals surface area contributed by atoms with Gasteiger partial charge in [-0.1, -0.05) is 51.5 Å². The zero-order chi connectivity index (χ0) is 42.0. The highest BCUT2D eigenvalue weighted by Crippen LogP contribution is 2.58. The molecule has 17 heteroatoms. The number of aryl methyl sites for hydroxylation is 1. The number of alkyl halides is 3. The number of amides is 2. The van der Waals surface area contributed by atoms with Crippen LogP contribution in [0.2, 0.25) is 0 Å². The number of sulfonamides is 1. The number of Topliss-reactive ketones (excluding diaryl/α,β-unsaturated/α-hetero) is 1. The molecule has 5 atom stereocenters. The van der Waals surface area contributed by atoms with Crippen molar-refractivity contribution in [2.24, 2.45) is 23.2 Å². The number of hydrogen-bond donors (Lipinski definition) is 1. The minimum Gasteiger partial charge on any atom is -0.470 e. The molecule has 3 aromatic heterocycles. The lowest BCUT2D eigenvalue weighted by Crippen LogP contribution is -2.47. The molecule has 0 spiro atoms. The molecular formula is C42H44F3N5O7S2. The summed E-state index contributed by atoms with van der Waals surface area (Å²) >= 11 is 1.45. The molecule has 2 amide bonds. The van der Waals surface area contributed by atoms with E-state index in [1.807, 2.05) is 33.1 Å². The number of carbonyl (C=O) groups is 3. The summed E-state index contributed by atoms with van der Waals surface area (Å²) in [4.78, 5) is 58.4. The number of ketones is 1. The van der Waals surface area contributed by atoms with E-state index in [-0.39, 0.29) is 60.2 Å². The molecule has 2 aromatic carbocycles. The number of likely N-dealkylation sites (tertiary alicyclic amines) is 1. The molecule has 8 rings (SSSR count). The second kappa shape index (κ2) is 15.3. The summed E-state index contributed by atoms with van der Waals surface area (Å²) < 4.78 is 81.0. The van der Waals surface area contributed by atoms with Crippen molar-refractivity contribution in [2.45, 2.75) is 96.2 Å². The van der Waals surface area contributed by atoms with Gasteiger partial charge in [-0.05, 0) is 62.3 Å². The maximum atomic E-state index is 14.7. The summed E-state index contributed by atoms with van der Waals surface area (Å²) in [6, 6.07) is 10.5. The summed E-state index contributed by atoms with van der Waals surface area (Å²) in [6.45, 7) is 7.61. The maximum Gasteiger partial charge on any atom is 0.416 e. The third-order valence-electron chi connectivity index (χ3n) is 11.9. The molecule has 4 heterocycles. The number of halogens is 3. The first-order valence-electron chi connectivity index (χ1n) is 19.8. The number of para-hydroxylation sites is 1. The SMILES string of the molecule is CC[C@@H]1C[C@]1(CC(=O)[C@@H]1C[C@@H](Oc2nc(-c3ccc(C(F)(F)F)cc3)nc3c2oc2ccccc23)CN1C(=O)[C@@H](Cc1nc(C)cs1)C(C)C)C(=O)NS(=O)(=O)C1CC1. The summed E-state index contributed by atoms with van der Waals surface area (Å²) in [5.41, 5.74) is 0.107. The largest absolute Gasteiger partial charge is 0.470 e. The van der Waals surface area contributed by atoms with Crippen LogP contribution in [0.4, 0.5) is 13.2 Å². The van der Waals surface area contributed by atoms with Crippen LogP contribution < -0.4 is 9.46 Å². The van der Waals surface area contributed by atoms with E-state index in [0.717, 1.165) is 22.8 Å². The molecule has 0 bridgehead atoms. The Labute approximate surface area is 343 Å². The summed E-state index contributed by atoms with van der Waals surface area (Å²) in [5, 5.41) is 2.70. The van der Waals surface area contributed by atoms with Crippen molar-refractivity contribution in [3.8, 4) is 17.3 Å². The molecule has 3 aliphatic rings. The van der Waals surface area contributed by atoms with Crippen molar-refractivity contribution in [3.05, 3.63) is 70.2 Å². The highest BCUT2D eigenvalue weighted by molar-refractivity contribution is 7.90. The van der Waals surface area contributed by atoms with E-state index in [1.54, 1.807) is 24.3 Å². The average Bonchev–Trinajstić information content (AvgIpc) is 4.04. The number of ether oxygens (including phenoxy) is 1. The van der Waals surface area contributed by atoms with Gasteiger partial charge >= 0.3 is 6.18 Å². The predicted octanol–water partition coefficient (Wildman–Crippen LogP) is 7.67. The van der Waals surface area contributed by atoms with Gasteiger partial charge in [-0.3, -0.25) is 19.1 Å². The minimum atomic E-state index is -4.54. The monoisotopic (exact) mass is 851 g/mol. The van der Waals surface area contributed by atoms with Crippen LogP contribution in [0.3, 0.4) is 0 Å². The van der Waals surface area contributed by atoms with Gasteiger partial charge in [0.2, 0.25) is 27.4 Å². The fraction of sp³-hybridized carbons (Fsp3) is 0.476. The van der Waals surface area contributed by atoms with Crippen molar-refractivity contribution in [1.82, 2.24) is 24.6 Å². The van der Waals surface area contributed by atoms with Crippen LogP contribution in [0.15, 0.2) is 58.3 Å². The van der Waals surface area contributed by atoms with Crippen LogP contribution in [0.5, 0.6) is 5.88 Å². The first-order chi connectivity index (χ1) is 28.0. The van der Waals surface area contributed by atoms with E-state index in [2.05, 4.69) is 19.7 Å². The normalized spacial score (nSPS) is 22.6. The fourth-order valence-electron chi connectivity index (χ4n) is 8.29. The molecule has 5 aromatic rings. The van der Waals surface area contributed by atoms with Crippen molar-refractivity contribution < 1.29 is 45.1 Å². The lowest BCUT2D eigenvalue weighted by molar-refractivity contribution is -0.143. The first-order valence-corrected chi connectivity index (χ1v) is 22.2. The second-order valence-electron chi connectivity index (χ2n) is 16.4. The molecule has 3 fully saturated rings. The highest BCUT2D eigenvalue weighted by Gasteiger charge is 2.61. The van der Waals surface area contributed by atoms with Crippen LogP contribution in [-0.2, 0) is 37.0 Å². The molecule has 0 unspecified atom stereocenters. The van der Waals surface area contributed by atoms with Crippen molar-refractivity contribution in [3.63, 3.8) is 0 Å².